The van der Waals surface area contributed by atoms with Crippen LogP contribution in [0.1, 0.15) is 18.4 Å². The van der Waals surface area contributed by atoms with E-state index in [1.807, 2.05) is 17.2 Å². The van der Waals surface area contributed by atoms with E-state index in [2.05, 4.69) is 5.10 Å². The molecule has 8 heteroatoms. The minimum atomic E-state index is -0.811. The van der Waals surface area contributed by atoms with Crippen LogP contribution >= 0.6 is 0 Å². The fourth-order valence-electron chi connectivity index (χ4n) is 3.05. The van der Waals surface area contributed by atoms with Crippen LogP contribution in [0.3, 0.4) is 0 Å². The number of fused-ring (bicyclic) bond motifs is 1. The molecule has 2 aliphatic rings. The molecule has 0 saturated carbocycles. The van der Waals surface area contributed by atoms with Gasteiger partial charge in [-0.05, 0) is 18.1 Å². The van der Waals surface area contributed by atoms with Crippen molar-refractivity contribution in [2.75, 3.05) is 13.2 Å². The van der Waals surface area contributed by atoms with Crippen molar-refractivity contribution in [2.45, 2.75) is 18.9 Å². The van der Waals surface area contributed by atoms with Gasteiger partial charge >= 0.3 is 6.09 Å². The molecular formula is C17H19FN4O3. The van der Waals surface area contributed by atoms with Gasteiger partial charge in [0, 0.05) is 24.1 Å². The third-order valence-electron chi connectivity index (χ3n) is 4.24. The molecule has 0 bridgehead atoms. The first-order valence-electron chi connectivity index (χ1n) is 7.89. The molecule has 0 radical (unpaired) electrons. The number of benzene rings is 1. The Bertz CT molecular complexity index is 788. The van der Waals surface area contributed by atoms with E-state index in [4.69, 9.17) is 16.2 Å². The maximum atomic E-state index is 13.6. The van der Waals surface area contributed by atoms with Gasteiger partial charge in [0.15, 0.2) is 11.6 Å². The minimum Gasteiger partial charge on any atom is -0.504 e. The van der Waals surface area contributed by atoms with Gasteiger partial charge in [-0.15, -0.1) is 0 Å². The van der Waals surface area contributed by atoms with E-state index < -0.39 is 11.9 Å². The molecule has 3 rings (SSSR count). The number of rotatable bonds is 5. The Morgan fingerprint density at radius 3 is 3.00 bits per heavy atom. The Morgan fingerprint density at radius 2 is 2.24 bits per heavy atom. The lowest BCUT2D eigenvalue weighted by Gasteiger charge is -2.27. The molecule has 0 fully saturated rings. The predicted molar refractivity (Wildman–Crippen MR) is 91.0 cm³/mol. The topological polar surface area (TPSA) is 114 Å². The van der Waals surface area contributed by atoms with E-state index in [1.165, 1.54) is 6.07 Å². The standard InChI is InChI=1S/C17H19FN4O3/c18-13-4-1-3-11(15(13)23)10-5-6-12-14(9-10)22(21-16(12)19)7-2-8-25-17(20)24/h1,3-6,14,23H,2,7-9H2,(H2,19,21)(H2,20,24). The van der Waals surface area contributed by atoms with Gasteiger partial charge in [-0.3, -0.25) is 5.01 Å². The van der Waals surface area contributed by atoms with Crippen LogP contribution in [0, 0.1) is 5.82 Å². The lowest BCUT2D eigenvalue weighted by atomic mass is 9.88. The van der Waals surface area contributed by atoms with E-state index in [-0.39, 0.29) is 18.4 Å². The molecule has 1 atom stereocenters. The van der Waals surface area contributed by atoms with Gasteiger partial charge in [-0.1, -0.05) is 24.3 Å². The van der Waals surface area contributed by atoms with Crippen molar-refractivity contribution in [1.82, 2.24) is 5.01 Å². The summed E-state index contributed by atoms with van der Waals surface area (Å²) in [6.07, 6.45) is 3.93. The molecule has 0 spiro atoms. The van der Waals surface area contributed by atoms with Crippen molar-refractivity contribution < 1.29 is 19.0 Å². The number of aromatic hydroxyl groups is 1. The monoisotopic (exact) mass is 346 g/mol. The van der Waals surface area contributed by atoms with Crippen LogP contribution in [-0.2, 0) is 4.74 Å². The highest BCUT2D eigenvalue weighted by atomic mass is 19.1. The summed E-state index contributed by atoms with van der Waals surface area (Å²) in [7, 11) is 0. The van der Waals surface area contributed by atoms with Gasteiger partial charge < -0.3 is 21.3 Å². The van der Waals surface area contributed by atoms with Crippen molar-refractivity contribution in [3.05, 3.63) is 47.3 Å². The van der Waals surface area contributed by atoms with Gasteiger partial charge in [0.1, 0.15) is 5.84 Å². The summed E-state index contributed by atoms with van der Waals surface area (Å²) in [5, 5.41) is 16.1. The van der Waals surface area contributed by atoms with Crippen molar-refractivity contribution >= 4 is 17.5 Å². The number of ether oxygens (including phenoxy) is 1. The number of carbonyl (C=O) groups is 1. The fourth-order valence-corrected chi connectivity index (χ4v) is 3.05. The average Bonchev–Trinajstić information content (AvgIpc) is 2.89. The first-order chi connectivity index (χ1) is 12.0. The number of carbonyl (C=O) groups excluding carboxylic acids is 1. The summed E-state index contributed by atoms with van der Waals surface area (Å²) in [5.74, 6) is -0.589. The van der Waals surface area contributed by atoms with Crippen LogP contribution in [0.5, 0.6) is 5.75 Å². The number of phenols is 1. The lowest BCUT2D eigenvalue weighted by molar-refractivity contribution is 0.145. The zero-order chi connectivity index (χ0) is 18.0. The van der Waals surface area contributed by atoms with Crippen LogP contribution in [0.25, 0.3) is 5.57 Å². The number of amidine groups is 1. The number of amides is 1. The van der Waals surface area contributed by atoms with Crippen molar-refractivity contribution in [2.24, 2.45) is 16.6 Å². The number of nitrogens with two attached hydrogens (primary N) is 2. The summed E-state index contributed by atoms with van der Waals surface area (Å²) >= 11 is 0. The minimum absolute atomic E-state index is 0.101. The van der Waals surface area contributed by atoms with Crippen LogP contribution in [0.15, 0.2) is 41.0 Å². The zero-order valence-electron chi connectivity index (χ0n) is 13.5. The highest BCUT2D eigenvalue weighted by molar-refractivity contribution is 6.01. The van der Waals surface area contributed by atoms with E-state index in [9.17, 15) is 14.3 Å². The summed E-state index contributed by atoms with van der Waals surface area (Å²) < 4.78 is 18.3. The molecule has 1 aliphatic heterocycles. The lowest BCUT2D eigenvalue weighted by Crippen LogP contribution is -2.32. The number of primary amides is 1. The summed E-state index contributed by atoms with van der Waals surface area (Å²) in [5.41, 5.74) is 13.0. The maximum Gasteiger partial charge on any atom is 0.404 e. The molecule has 1 aromatic carbocycles. The van der Waals surface area contributed by atoms with E-state index >= 15 is 0 Å². The Morgan fingerprint density at radius 1 is 1.44 bits per heavy atom. The fraction of sp³-hybridized carbons (Fsp3) is 0.294. The number of nitrogens with zero attached hydrogens (tertiary/aromatic N) is 2. The number of phenolic OH excluding ortho intramolecular Hbond substituents is 1. The molecule has 132 valence electrons. The molecule has 0 saturated heterocycles. The van der Waals surface area contributed by atoms with Gasteiger partial charge in [0.05, 0.1) is 12.6 Å². The normalized spacial score (nSPS) is 19.0. The highest BCUT2D eigenvalue weighted by Crippen LogP contribution is 2.37. The van der Waals surface area contributed by atoms with Crippen LogP contribution in [-0.4, -0.2) is 41.2 Å². The van der Waals surface area contributed by atoms with E-state index in [0.29, 0.717) is 30.8 Å². The molecule has 1 unspecified atom stereocenters. The molecule has 7 nitrogen and oxygen atoms in total. The number of hydrogen-bond donors (Lipinski definition) is 3. The third-order valence-corrected chi connectivity index (χ3v) is 4.24. The van der Waals surface area contributed by atoms with Crippen LogP contribution in [0.2, 0.25) is 0 Å². The number of para-hydroxylation sites is 1. The highest BCUT2D eigenvalue weighted by Gasteiger charge is 2.33. The maximum absolute atomic E-state index is 13.6. The first-order valence-corrected chi connectivity index (χ1v) is 7.89. The Labute approximate surface area is 144 Å². The van der Waals surface area contributed by atoms with Crippen LogP contribution < -0.4 is 11.5 Å². The molecule has 1 aromatic rings. The Hall–Kier alpha value is -3.03. The number of halogens is 1. The van der Waals surface area contributed by atoms with Crippen molar-refractivity contribution in [3.8, 4) is 5.75 Å². The summed E-state index contributed by atoms with van der Waals surface area (Å²) in [6.45, 7) is 0.721. The van der Waals surface area contributed by atoms with Gasteiger partial charge in [0.2, 0.25) is 0 Å². The molecule has 5 N–H and O–H groups in total. The molecule has 0 aromatic heterocycles. The van der Waals surface area contributed by atoms with Crippen molar-refractivity contribution in [3.63, 3.8) is 0 Å². The largest absolute Gasteiger partial charge is 0.504 e. The van der Waals surface area contributed by atoms with Gasteiger partial charge in [0.25, 0.3) is 0 Å². The average molecular weight is 346 g/mol. The molecule has 1 heterocycles. The summed E-state index contributed by atoms with van der Waals surface area (Å²) in [4.78, 5) is 10.6. The second-order valence-corrected chi connectivity index (χ2v) is 5.84. The number of hydrazone groups is 1. The zero-order valence-corrected chi connectivity index (χ0v) is 13.5. The van der Waals surface area contributed by atoms with Crippen molar-refractivity contribution in [1.29, 1.82) is 0 Å². The van der Waals surface area contributed by atoms with Gasteiger partial charge in [-0.25, -0.2) is 9.18 Å². The van der Waals surface area contributed by atoms with Crippen LogP contribution in [0.4, 0.5) is 9.18 Å². The molecule has 1 amide bonds. The Kier molecular flexibility index (Phi) is 4.60. The Balaban J connectivity index is 1.74. The van der Waals surface area contributed by atoms with E-state index in [1.54, 1.807) is 12.1 Å². The number of allylic oxidation sites excluding steroid dienone is 2. The number of hydrogen-bond acceptors (Lipinski definition) is 6. The predicted octanol–water partition coefficient (Wildman–Crippen LogP) is 1.69. The quantitative estimate of drug-likeness (QED) is 0.702. The summed E-state index contributed by atoms with van der Waals surface area (Å²) in [6, 6.07) is 4.35. The first kappa shape index (κ1) is 16.8. The second-order valence-electron chi connectivity index (χ2n) is 5.84. The second kappa shape index (κ2) is 6.84. The van der Waals surface area contributed by atoms with Gasteiger partial charge in [-0.2, -0.15) is 5.10 Å². The SMILES string of the molecule is NC(=O)OCCCN1N=C(N)C2=CC=C(c3cccc(F)c3O)CC21. The third kappa shape index (κ3) is 3.42. The molecular weight excluding hydrogens is 327 g/mol. The smallest absolute Gasteiger partial charge is 0.404 e. The molecule has 25 heavy (non-hydrogen) atoms. The molecule has 1 aliphatic carbocycles. The van der Waals surface area contributed by atoms with E-state index in [0.717, 1.165) is 11.1 Å².